The molecule has 0 spiro atoms. The van der Waals surface area contributed by atoms with Crippen LogP contribution in [0.5, 0.6) is 5.75 Å². The van der Waals surface area contributed by atoms with E-state index in [0.29, 0.717) is 0 Å². The number of halogens is 1. The molecule has 0 bridgehead atoms. The van der Waals surface area contributed by atoms with Gasteiger partial charge in [0.25, 0.3) is 5.56 Å². The molecule has 4 nitrogen and oxygen atoms in total. The highest BCUT2D eigenvalue weighted by molar-refractivity contribution is 9.10. The van der Waals surface area contributed by atoms with E-state index in [4.69, 9.17) is 4.74 Å². The number of ether oxygens (including phenoxy) is 1. The molecule has 2 rings (SSSR count). The number of aromatic nitrogens is 2. The lowest BCUT2D eigenvalue weighted by Gasteiger charge is -2.04. The zero-order valence-electron chi connectivity index (χ0n) is 8.00. The number of benzene rings is 1. The molecule has 78 valence electrons. The summed E-state index contributed by atoms with van der Waals surface area (Å²) in [7, 11) is 1.61. The average molecular weight is 269 g/mol. The van der Waals surface area contributed by atoms with Crippen LogP contribution in [0.4, 0.5) is 0 Å². The molecule has 0 saturated carbocycles. The first-order valence-electron chi connectivity index (χ1n) is 4.32. The summed E-state index contributed by atoms with van der Waals surface area (Å²) < 4.78 is 5.97. The zero-order chi connectivity index (χ0) is 10.8. The quantitative estimate of drug-likeness (QED) is 0.877. The van der Waals surface area contributed by atoms with E-state index in [-0.39, 0.29) is 5.56 Å². The first-order chi connectivity index (χ1) is 7.20. The number of hydrogen-bond acceptors (Lipinski definition) is 2. The lowest BCUT2D eigenvalue weighted by Crippen LogP contribution is -1.93. The Labute approximate surface area is 94.4 Å². The van der Waals surface area contributed by atoms with Gasteiger partial charge in [-0.05, 0) is 34.1 Å². The van der Waals surface area contributed by atoms with Crippen molar-refractivity contribution in [2.75, 3.05) is 7.11 Å². The lowest BCUT2D eigenvalue weighted by molar-refractivity contribution is 0.412. The van der Waals surface area contributed by atoms with E-state index < -0.39 is 0 Å². The highest BCUT2D eigenvalue weighted by atomic mass is 79.9. The molecule has 2 aromatic rings. The summed E-state index contributed by atoms with van der Waals surface area (Å²) in [4.78, 5) is 10.9. The average Bonchev–Trinajstić information content (AvgIpc) is 2.65. The molecule has 2 N–H and O–H groups in total. The SMILES string of the molecule is COc1ccc(-c2cc(=O)[nH][nH]2)cc1Br. The Balaban J connectivity index is 2.46. The Morgan fingerprint density at radius 3 is 2.60 bits per heavy atom. The first kappa shape index (κ1) is 10.0. The third-order valence-electron chi connectivity index (χ3n) is 2.06. The molecule has 0 unspecified atom stereocenters. The highest BCUT2D eigenvalue weighted by Gasteiger charge is 2.04. The Bertz CT molecular complexity index is 530. The van der Waals surface area contributed by atoms with Gasteiger partial charge >= 0.3 is 0 Å². The summed E-state index contributed by atoms with van der Waals surface area (Å²) in [6.45, 7) is 0. The third-order valence-corrected chi connectivity index (χ3v) is 2.68. The molecule has 0 aliphatic carbocycles. The van der Waals surface area contributed by atoms with Gasteiger partial charge in [-0.15, -0.1) is 0 Å². The highest BCUT2D eigenvalue weighted by Crippen LogP contribution is 2.29. The van der Waals surface area contributed by atoms with Crippen LogP contribution in [0.3, 0.4) is 0 Å². The van der Waals surface area contributed by atoms with E-state index in [1.165, 1.54) is 6.07 Å². The van der Waals surface area contributed by atoms with E-state index in [0.717, 1.165) is 21.5 Å². The molecule has 1 heterocycles. The smallest absolute Gasteiger partial charge is 0.264 e. The Morgan fingerprint density at radius 2 is 2.07 bits per heavy atom. The van der Waals surface area contributed by atoms with Gasteiger partial charge in [-0.1, -0.05) is 0 Å². The largest absolute Gasteiger partial charge is 0.496 e. The van der Waals surface area contributed by atoms with Gasteiger partial charge in [0.15, 0.2) is 0 Å². The number of H-pyrrole nitrogens is 2. The molecule has 0 aliphatic heterocycles. The monoisotopic (exact) mass is 268 g/mol. The maximum Gasteiger partial charge on any atom is 0.264 e. The van der Waals surface area contributed by atoms with Crippen molar-refractivity contribution in [2.45, 2.75) is 0 Å². The van der Waals surface area contributed by atoms with Gasteiger partial charge in [-0.2, -0.15) is 0 Å². The Kier molecular flexibility index (Phi) is 2.64. The molecule has 0 aliphatic rings. The molecule has 0 radical (unpaired) electrons. The van der Waals surface area contributed by atoms with E-state index in [9.17, 15) is 4.79 Å². The zero-order valence-corrected chi connectivity index (χ0v) is 9.59. The van der Waals surface area contributed by atoms with Gasteiger partial charge in [-0.3, -0.25) is 15.0 Å². The van der Waals surface area contributed by atoms with E-state index >= 15 is 0 Å². The number of rotatable bonds is 2. The fourth-order valence-electron chi connectivity index (χ4n) is 1.32. The van der Waals surface area contributed by atoms with Crippen LogP contribution >= 0.6 is 15.9 Å². The Morgan fingerprint density at radius 1 is 1.27 bits per heavy atom. The summed E-state index contributed by atoms with van der Waals surface area (Å²) >= 11 is 3.38. The molecule has 0 saturated heterocycles. The van der Waals surface area contributed by atoms with Crippen molar-refractivity contribution in [3.63, 3.8) is 0 Å². The molecule has 15 heavy (non-hydrogen) atoms. The van der Waals surface area contributed by atoms with Crippen LogP contribution in [0.15, 0.2) is 33.5 Å². The van der Waals surface area contributed by atoms with Crippen molar-refractivity contribution in [1.82, 2.24) is 10.2 Å². The topological polar surface area (TPSA) is 57.9 Å². The van der Waals surface area contributed by atoms with Gasteiger partial charge in [-0.25, -0.2) is 0 Å². The van der Waals surface area contributed by atoms with Crippen molar-refractivity contribution in [1.29, 1.82) is 0 Å². The number of methoxy groups -OCH3 is 1. The second-order valence-corrected chi connectivity index (χ2v) is 3.88. The van der Waals surface area contributed by atoms with Crippen LogP contribution in [0.1, 0.15) is 0 Å². The van der Waals surface area contributed by atoms with Crippen molar-refractivity contribution in [3.05, 3.63) is 39.1 Å². The van der Waals surface area contributed by atoms with Gasteiger partial charge in [0.1, 0.15) is 5.75 Å². The van der Waals surface area contributed by atoms with Gasteiger partial charge in [0.2, 0.25) is 0 Å². The fraction of sp³-hybridized carbons (Fsp3) is 0.100. The third kappa shape index (κ3) is 1.97. The second kappa shape index (κ2) is 3.94. The summed E-state index contributed by atoms with van der Waals surface area (Å²) in [5.74, 6) is 0.761. The van der Waals surface area contributed by atoms with E-state index in [2.05, 4.69) is 26.1 Å². The lowest BCUT2D eigenvalue weighted by atomic mass is 10.1. The van der Waals surface area contributed by atoms with Gasteiger partial charge in [0.05, 0.1) is 17.3 Å². The van der Waals surface area contributed by atoms with Crippen LogP contribution in [0.2, 0.25) is 0 Å². The minimum atomic E-state index is -0.142. The summed E-state index contributed by atoms with van der Waals surface area (Å²) in [6.07, 6.45) is 0. The van der Waals surface area contributed by atoms with Crippen molar-refractivity contribution >= 4 is 15.9 Å². The van der Waals surface area contributed by atoms with Gasteiger partial charge in [0, 0.05) is 11.6 Å². The standard InChI is InChI=1S/C10H9BrN2O2/c1-15-9-3-2-6(4-7(9)11)8-5-10(14)13-12-8/h2-5H,1H3,(H2,12,13,14). The number of aromatic amines is 2. The molecule has 1 aromatic heterocycles. The predicted octanol–water partition coefficient (Wildman–Crippen LogP) is 2.14. The summed E-state index contributed by atoms with van der Waals surface area (Å²) in [5, 5.41) is 5.28. The second-order valence-electron chi connectivity index (χ2n) is 3.02. The van der Waals surface area contributed by atoms with Crippen molar-refractivity contribution in [2.24, 2.45) is 0 Å². The van der Waals surface area contributed by atoms with Crippen LogP contribution in [-0.4, -0.2) is 17.3 Å². The van der Waals surface area contributed by atoms with E-state index in [1.807, 2.05) is 18.2 Å². The minimum Gasteiger partial charge on any atom is -0.496 e. The molecular weight excluding hydrogens is 260 g/mol. The predicted molar refractivity (Wildman–Crippen MR) is 61.1 cm³/mol. The van der Waals surface area contributed by atoms with Crippen molar-refractivity contribution in [3.8, 4) is 17.0 Å². The van der Waals surface area contributed by atoms with Crippen LogP contribution in [0.25, 0.3) is 11.3 Å². The summed E-state index contributed by atoms with van der Waals surface area (Å²) in [6, 6.07) is 7.11. The fourth-order valence-corrected chi connectivity index (χ4v) is 1.86. The molecule has 1 aromatic carbocycles. The molecule has 0 fully saturated rings. The van der Waals surface area contributed by atoms with Crippen LogP contribution in [-0.2, 0) is 0 Å². The maximum absolute atomic E-state index is 10.9. The summed E-state index contributed by atoms with van der Waals surface area (Å²) in [5.41, 5.74) is 1.53. The molecule has 5 heteroatoms. The first-order valence-corrected chi connectivity index (χ1v) is 5.11. The normalized spacial score (nSPS) is 10.3. The minimum absolute atomic E-state index is 0.142. The molecule has 0 amide bonds. The molecular formula is C10H9BrN2O2. The van der Waals surface area contributed by atoms with E-state index in [1.54, 1.807) is 7.11 Å². The van der Waals surface area contributed by atoms with Crippen LogP contribution in [0, 0.1) is 0 Å². The molecule has 0 atom stereocenters. The maximum atomic E-state index is 10.9. The van der Waals surface area contributed by atoms with Crippen LogP contribution < -0.4 is 10.3 Å². The Hall–Kier alpha value is -1.49. The van der Waals surface area contributed by atoms with Crippen molar-refractivity contribution < 1.29 is 4.74 Å². The number of hydrogen-bond donors (Lipinski definition) is 2. The van der Waals surface area contributed by atoms with Gasteiger partial charge < -0.3 is 4.74 Å². The number of nitrogens with one attached hydrogen (secondary N) is 2.